The Hall–Kier alpha value is -2.84. The molecule has 0 N–H and O–H groups in total. The van der Waals surface area contributed by atoms with E-state index in [1.165, 1.54) is 23.2 Å². The van der Waals surface area contributed by atoms with Crippen LogP contribution in [0.5, 0.6) is 0 Å². The molecule has 1 saturated heterocycles. The van der Waals surface area contributed by atoms with E-state index in [0.29, 0.717) is 10.5 Å². The van der Waals surface area contributed by atoms with Gasteiger partial charge in [0.1, 0.15) is 22.9 Å². The molecule has 0 bridgehead atoms. The molecule has 152 valence electrons. The van der Waals surface area contributed by atoms with Gasteiger partial charge in [0.2, 0.25) is 0 Å². The molecule has 0 amide bonds. The zero-order chi connectivity index (χ0) is 20.6. The highest BCUT2D eigenvalue weighted by Gasteiger charge is 2.28. The normalized spacial score (nSPS) is 16.9. The van der Waals surface area contributed by atoms with Crippen molar-refractivity contribution in [2.24, 2.45) is 0 Å². The Balaban J connectivity index is 1.52. The van der Waals surface area contributed by atoms with E-state index in [2.05, 4.69) is 44.1 Å². The van der Waals surface area contributed by atoms with Gasteiger partial charge in [0.25, 0.3) is 0 Å². The lowest BCUT2D eigenvalue weighted by atomic mass is 10.0. The third-order valence-electron chi connectivity index (χ3n) is 5.45. The van der Waals surface area contributed by atoms with Gasteiger partial charge in [-0.15, -0.1) is 11.3 Å². The molecule has 0 radical (unpaired) electrons. The van der Waals surface area contributed by atoms with E-state index >= 15 is 0 Å². The van der Waals surface area contributed by atoms with Crippen molar-refractivity contribution in [2.45, 2.75) is 29.5 Å². The number of nitrogens with zero attached hydrogens (tertiary/aromatic N) is 4. The maximum absolute atomic E-state index is 12.8. The first-order chi connectivity index (χ1) is 14.6. The molecule has 5 rings (SSSR count). The fourth-order valence-electron chi connectivity index (χ4n) is 4.06. The van der Waals surface area contributed by atoms with E-state index in [1.807, 2.05) is 12.1 Å². The number of sulfone groups is 1. The van der Waals surface area contributed by atoms with E-state index < -0.39 is 9.84 Å². The summed E-state index contributed by atoms with van der Waals surface area (Å²) >= 11 is 1.34. The summed E-state index contributed by atoms with van der Waals surface area (Å²) in [5, 5.41) is 3.24. The van der Waals surface area contributed by atoms with Crippen molar-refractivity contribution in [3.63, 3.8) is 0 Å². The second-order valence-corrected chi connectivity index (χ2v) is 10.3. The van der Waals surface area contributed by atoms with Crippen LogP contribution in [0, 0.1) is 0 Å². The molecule has 1 unspecified atom stereocenters. The second kappa shape index (κ2) is 7.77. The number of benzene rings is 2. The van der Waals surface area contributed by atoms with Crippen molar-refractivity contribution in [2.75, 3.05) is 11.4 Å². The number of aromatic nitrogens is 3. The molecule has 0 aliphatic carbocycles. The Morgan fingerprint density at radius 2 is 1.93 bits per heavy atom. The van der Waals surface area contributed by atoms with Gasteiger partial charge in [-0.3, -0.25) is 0 Å². The Labute approximate surface area is 179 Å². The number of fused-ring (bicyclic) bond motifs is 1. The van der Waals surface area contributed by atoms with Crippen LogP contribution in [0.15, 0.2) is 71.3 Å². The van der Waals surface area contributed by atoms with E-state index in [4.69, 9.17) is 0 Å². The summed E-state index contributed by atoms with van der Waals surface area (Å²) in [5.41, 5.74) is 1.91. The quantitative estimate of drug-likeness (QED) is 0.461. The standard InChI is InChI=1S/C22H20N4O2S2/c27-30(28,14-21-23-10-12-29-21)17-8-9-18-19(13-17)24-15-25-22(18)26-11-4-7-20(26)16-5-2-1-3-6-16/h1-3,5-6,8-10,12-13,15,20H,4,7,11,14H2. The smallest absolute Gasteiger partial charge is 0.184 e. The number of rotatable bonds is 5. The van der Waals surface area contributed by atoms with Gasteiger partial charge in [-0.1, -0.05) is 30.3 Å². The zero-order valence-corrected chi connectivity index (χ0v) is 17.8. The van der Waals surface area contributed by atoms with Crippen LogP contribution in [0.2, 0.25) is 0 Å². The number of anilines is 1. The predicted octanol–water partition coefficient (Wildman–Crippen LogP) is 4.40. The Morgan fingerprint density at radius 3 is 2.73 bits per heavy atom. The summed E-state index contributed by atoms with van der Waals surface area (Å²) in [6, 6.07) is 15.8. The molecule has 8 heteroatoms. The van der Waals surface area contributed by atoms with Gasteiger partial charge in [0.15, 0.2) is 9.84 Å². The molecule has 1 fully saturated rings. The molecule has 0 spiro atoms. The van der Waals surface area contributed by atoms with Gasteiger partial charge in [0.05, 0.1) is 16.5 Å². The molecule has 6 nitrogen and oxygen atoms in total. The van der Waals surface area contributed by atoms with Gasteiger partial charge >= 0.3 is 0 Å². The second-order valence-electron chi connectivity index (χ2n) is 7.32. The summed E-state index contributed by atoms with van der Waals surface area (Å²) in [6.07, 6.45) is 5.30. The van der Waals surface area contributed by atoms with Crippen molar-refractivity contribution < 1.29 is 8.42 Å². The van der Waals surface area contributed by atoms with E-state index in [1.54, 1.807) is 23.7 Å². The summed E-state index contributed by atoms with van der Waals surface area (Å²) in [4.78, 5) is 15.6. The molecule has 1 atom stereocenters. The lowest BCUT2D eigenvalue weighted by Gasteiger charge is -2.27. The van der Waals surface area contributed by atoms with Crippen LogP contribution in [0.25, 0.3) is 10.9 Å². The fraction of sp³-hybridized carbons (Fsp3) is 0.227. The number of hydrogen-bond donors (Lipinski definition) is 0. The van der Waals surface area contributed by atoms with E-state index in [-0.39, 0.29) is 16.7 Å². The Bertz CT molecular complexity index is 1280. The maximum atomic E-state index is 12.8. The molecule has 1 aliphatic rings. The monoisotopic (exact) mass is 436 g/mol. The molecule has 2 aromatic heterocycles. The third kappa shape index (κ3) is 3.57. The molecule has 1 aliphatic heterocycles. The Morgan fingerprint density at radius 1 is 1.07 bits per heavy atom. The molecule has 2 aromatic carbocycles. The average Bonchev–Trinajstić information content (AvgIpc) is 3.45. The minimum absolute atomic E-state index is 0.101. The van der Waals surface area contributed by atoms with E-state index in [0.717, 1.165) is 30.6 Å². The highest BCUT2D eigenvalue weighted by Crippen LogP contribution is 2.38. The van der Waals surface area contributed by atoms with Crippen molar-refractivity contribution in [1.82, 2.24) is 15.0 Å². The first-order valence-corrected chi connectivity index (χ1v) is 12.3. The van der Waals surface area contributed by atoms with Crippen LogP contribution in [-0.4, -0.2) is 29.9 Å². The third-order valence-corrected chi connectivity index (χ3v) is 8.04. The summed E-state index contributed by atoms with van der Waals surface area (Å²) < 4.78 is 25.7. The largest absolute Gasteiger partial charge is 0.349 e. The van der Waals surface area contributed by atoms with Crippen molar-refractivity contribution in [3.8, 4) is 0 Å². The van der Waals surface area contributed by atoms with Crippen LogP contribution >= 0.6 is 11.3 Å². The topological polar surface area (TPSA) is 76.1 Å². The molecular weight excluding hydrogens is 416 g/mol. The van der Waals surface area contributed by atoms with Crippen LogP contribution in [0.4, 0.5) is 5.82 Å². The van der Waals surface area contributed by atoms with Gasteiger partial charge in [0, 0.05) is 23.5 Å². The van der Waals surface area contributed by atoms with Crippen LogP contribution in [0.1, 0.15) is 29.5 Å². The molecular formula is C22H20N4O2S2. The zero-order valence-electron chi connectivity index (χ0n) is 16.2. The lowest BCUT2D eigenvalue weighted by Crippen LogP contribution is -2.24. The van der Waals surface area contributed by atoms with Gasteiger partial charge in [-0.05, 0) is 36.6 Å². The minimum atomic E-state index is -3.49. The van der Waals surface area contributed by atoms with Crippen molar-refractivity contribution in [1.29, 1.82) is 0 Å². The summed E-state index contributed by atoms with van der Waals surface area (Å²) in [5.74, 6) is 0.756. The highest BCUT2D eigenvalue weighted by molar-refractivity contribution is 7.90. The Kier molecular flexibility index (Phi) is 4.96. The summed E-state index contributed by atoms with van der Waals surface area (Å²) in [6.45, 7) is 0.912. The van der Waals surface area contributed by atoms with E-state index in [9.17, 15) is 8.42 Å². The molecule has 3 heterocycles. The van der Waals surface area contributed by atoms with Crippen LogP contribution < -0.4 is 4.90 Å². The molecule has 0 saturated carbocycles. The van der Waals surface area contributed by atoms with Gasteiger partial charge < -0.3 is 4.90 Å². The first-order valence-electron chi connectivity index (χ1n) is 9.79. The number of hydrogen-bond acceptors (Lipinski definition) is 7. The first kappa shape index (κ1) is 19.1. The lowest BCUT2D eigenvalue weighted by molar-refractivity contribution is 0.595. The number of thiazole rings is 1. The van der Waals surface area contributed by atoms with Gasteiger partial charge in [-0.25, -0.2) is 23.4 Å². The van der Waals surface area contributed by atoms with Crippen LogP contribution in [-0.2, 0) is 15.6 Å². The van der Waals surface area contributed by atoms with Crippen molar-refractivity contribution >= 4 is 37.9 Å². The van der Waals surface area contributed by atoms with Crippen molar-refractivity contribution in [3.05, 3.63) is 77.0 Å². The highest BCUT2D eigenvalue weighted by atomic mass is 32.2. The molecule has 4 aromatic rings. The van der Waals surface area contributed by atoms with Crippen LogP contribution in [0.3, 0.4) is 0 Å². The maximum Gasteiger partial charge on any atom is 0.184 e. The average molecular weight is 437 g/mol. The summed E-state index contributed by atoms with van der Waals surface area (Å²) in [7, 11) is -3.49. The SMILES string of the molecule is O=S(=O)(Cc1nccs1)c1ccc2c(N3CCCC3c3ccccc3)ncnc2c1. The fourth-order valence-corrected chi connectivity index (χ4v) is 6.33. The predicted molar refractivity (Wildman–Crippen MR) is 118 cm³/mol. The van der Waals surface area contributed by atoms with Gasteiger partial charge in [-0.2, -0.15) is 0 Å². The molecule has 30 heavy (non-hydrogen) atoms. The minimum Gasteiger partial charge on any atom is -0.349 e.